The summed E-state index contributed by atoms with van der Waals surface area (Å²) in [4.78, 5) is 9.31. The maximum Gasteiger partial charge on any atom is 0.0627 e. The quantitative estimate of drug-likeness (QED) is 0.612. The van der Waals surface area contributed by atoms with Gasteiger partial charge in [0, 0.05) is 12.4 Å². The van der Waals surface area contributed by atoms with Gasteiger partial charge in [0.2, 0.25) is 0 Å². The molecule has 3 rings (SSSR count). The molecule has 4 unspecified atom stereocenters. The van der Waals surface area contributed by atoms with Crippen LogP contribution in [0, 0.1) is 23.7 Å². The number of rotatable bonds is 4. The zero-order valence-corrected chi connectivity index (χ0v) is 13.9. The van der Waals surface area contributed by atoms with E-state index >= 15 is 0 Å². The molecule has 0 heterocycles. The summed E-state index contributed by atoms with van der Waals surface area (Å²) in [5, 5.41) is 0. The average molecular weight is 296 g/mol. The highest BCUT2D eigenvalue weighted by atomic mass is 14.7. The van der Waals surface area contributed by atoms with Gasteiger partial charge in [0.1, 0.15) is 0 Å². The van der Waals surface area contributed by atoms with Crippen molar-refractivity contribution in [3.8, 4) is 0 Å². The van der Waals surface area contributed by atoms with E-state index in [4.69, 9.17) is 0 Å². The summed E-state index contributed by atoms with van der Waals surface area (Å²) in [6.07, 6.45) is 12.3. The van der Waals surface area contributed by atoms with E-state index in [0.717, 1.165) is 23.2 Å². The van der Waals surface area contributed by atoms with Crippen molar-refractivity contribution in [2.75, 3.05) is 0 Å². The Balaban J connectivity index is 1.58. The fourth-order valence-electron chi connectivity index (χ4n) is 3.78. The van der Waals surface area contributed by atoms with Crippen molar-refractivity contribution in [1.82, 2.24) is 0 Å². The lowest BCUT2D eigenvalue weighted by molar-refractivity contribution is 0.538. The second kappa shape index (κ2) is 7.21. The summed E-state index contributed by atoms with van der Waals surface area (Å²) >= 11 is 0. The Morgan fingerprint density at radius 3 is 1.45 bits per heavy atom. The molecule has 22 heavy (non-hydrogen) atoms. The summed E-state index contributed by atoms with van der Waals surface area (Å²) in [5.41, 5.74) is 2.10. The molecular formula is C20H28N2. The third-order valence-electron chi connectivity index (χ3n) is 5.54. The van der Waals surface area contributed by atoms with Gasteiger partial charge in [0.15, 0.2) is 0 Å². The zero-order chi connectivity index (χ0) is 15.4. The van der Waals surface area contributed by atoms with E-state index in [1.807, 2.05) is 0 Å². The molecule has 0 amide bonds. The maximum atomic E-state index is 4.65. The van der Waals surface area contributed by atoms with Gasteiger partial charge in [-0.2, -0.15) is 0 Å². The molecule has 4 atom stereocenters. The molecule has 0 aliphatic heterocycles. The Bertz CT molecular complexity index is 480. The fourth-order valence-corrected chi connectivity index (χ4v) is 3.78. The van der Waals surface area contributed by atoms with Crippen LogP contribution in [-0.4, -0.2) is 12.4 Å². The Hall–Kier alpha value is -1.44. The Morgan fingerprint density at radius 2 is 1.14 bits per heavy atom. The number of aliphatic imine (C=N–C) groups is 2. The van der Waals surface area contributed by atoms with Gasteiger partial charge in [-0.25, -0.2) is 0 Å². The molecule has 2 heteroatoms. The van der Waals surface area contributed by atoms with Crippen LogP contribution in [-0.2, 0) is 0 Å². The van der Waals surface area contributed by atoms with Crippen LogP contribution in [0.15, 0.2) is 34.3 Å². The largest absolute Gasteiger partial charge is 0.261 e. The minimum absolute atomic E-state index is 0.668. The van der Waals surface area contributed by atoms with Crippen LogP contribution in [0.1, 0.15) is 52.4 Å². The average Bonchev–Trinajstić information content (AvgIpc) is 3.12. The molecule has 0 saturated heterocycles. The van der Waals surface area contributed by atoms with Crippen LogP contribution in [0.4, 0.5) is 11.4 Å². The van der Waals surface area contributed by atoms with E-state index in [-0.39, 0.29) is 0 Å². The normalized spacial score (nSPS) is 32.5. The predicted molar refractivity (Wildman–Crippen MR) is 95.8 cm³/mol. The first-order valence-electron chi connectivity index (χ1n) is 8.91. The number of benzene rings is 1. The first kappa shape index (κ1) is 15.5. The third kappa shape index (κ3) is 3.85. The number of hydrogen-bond acceptors (Lipinski definition) is 2. The molecule has 2 fully saturated rings. The molecule has 2 saturated carbocycles. The topological polar surface area (TPSA) is 24.7 Å². The van der Waals surface area contributed by atoms with E-state index in [9.17, 15) is 0 Å². The Labute approximate surface area is 134 Å². The van der Waals surface area contributed by atoms with Crippen molar-refractivity contribution in [3.63, 3.8) is 0 Å². The van der Waals surface area contributed by atoms with Crippen molar-refractivity contribution in [3.05, 3.63) is 24.3 Å². The monoisotopic (exact) mass is 296 g/mol. The molecule has 1 aromatic carbocycles. The third-order valence-corrected chi connectivity index (χ3v) is 5.54. The van der Waals surface area contributed by atoms with Crippen molar-refractivity contribution in [2.24, 2.45) is 33.7 Å². The Morgan fingerprint density at radius 1 is 0.727 bits per heavy atom. The fraction of sp³-hybridized carbons (Fsp3) is 0.600. The van der Waals surface area contributed by atoms with E-state index in [1.54, 1.807) is 0 Å². The summed E-state index contributed by atoms with van der Waals surface area (Å²) in [7, 11) is 0. The van der Waals surface area contributed by atoms with Crippen LogP contribution in [0.2, 0.25) is 0 Å². The van der Waals surface area contributed by atoms with Gasteiger partial charge < -0.3 is 0 Å². The van der Waals surface area contributed by atoms with Crippen molar-refractivity contribution in [1.29, 1.82) is 0 Å². The van der Waals surface area contributed by atoms with Crippen LogP contribution >= 0.6 is 0 Å². The molecule has 0 radical (unpaired) electrons. The van der Waals surface area contributed by atoms with E-state index in [0.29, 0.717) is 11.8 Å². The molecule has 0 bridgehead atoms. The summed E-state index contributed by atoms with van der Waals surface area (Å²) in [6.45, 7) is 4.68. The molecule has 2 nitrogen and oxygen atoms in total. The highest BCUT2D eigenvalue weighted by molar-refractivity contribution is 5.69. The first-order valence-corrected chi connectivity index (χ1v) is 8.91. The van der Waals surface area contributed by atoms with Gasteiger partial charge >= 0.3 is 0 Å². The van der Waals surface area contributed by atoms with E-state index in [2.05, 4.69) is 60.5 Å². The first-order chi connectivity index (χ1) is 10.7. The van der Waals surface area contributed by atoms with E-state index in [1.165, 1.54) is 38.5 Å². The van der Waals surface area contributed by atoms with Gasteiger partial charge in [-0.3, -0.25) is 9.98 Å². The van der Waals surface area contributed by atoms with Crippen LogP contribution in [0.5, 0.6) is 0 Å². The van der Waals surface area contributed by atoms with Crippen molar-refractivity contribution in [2.45, 2.75) is 52.4 Å². The van der Waals surface area contributed by atoms with Crippen LogP contribution < -0.4 is 0 Å². The van der Waals surface area contributed by atoms with Crippen LogP contribution in [0.25, 0.3) is 0 Å². The minimum Gasteiger partial charge on any atom is -0.261 e. The summed E-state index contributed by atoms with van der Waals surface area (Å²) in [5.74, 6) is 2.92. The molecule has 1 aromatic rings. The Kier molecular flexibility index (Phi) is 5.07. The second-order valence-corrected chi connectivity index (χ2v) is 7.22. The molecule has 0 spiro atoms. The number of nitrogens with zero attached hydrogens (tertiary/aromatic N) is 2. The molecular weight excluding hydrogens is 268 g/mol. The molecule has 0 aromatic heterocycles. The molecule has 2 aliphatic carbocycles. The van der Waals surface area contributed by atoms with Gasteiger partial charge in [0.05, 0.1) is 11.4 Å². The SMILES string of the molecule is CC1CCCC1C=Nc1ccc(N=CC2CCCC2C)cc1. The lowest BCUT2D eigenvalue weighted by Gasteiger charge is -2.08. The standard InChI is InChI=1S/C20H28N2/c1-15-5-3-7-17(15)13-21-19-9-11-20(12-10-19)22-14-18-8-4-6-16(18)2/h9-18H,3-8H2,1-2H3. The maximum absolute atomic E-state index is 4.65. The van der Waals surface area contributed by atoms with Gasteiger partial charge in [-0.05, 0) is 60.8 Å². The van der Waals surface area contributed by atoms with Gasteiger partial charge in [-0.15, -0.1) is 0 Å². The molecule has 2 aliphatic rings. The molecule has 0 N–H and O–H groups in total. The predicted octanol–water partition coefficient (Wildman–Crippen LogP) is 5.96. The van der Waals surface area contributed by atoms with Crippen molar-refractivity contribution < 1.29 is 0 Å². The van der Waals surface area contributed by atoms with Gasteiger partial charge in [-0.1, -0.05) is 39.5 Å². The summed E-state index contributed by atoms with van der Waals surface area (Å²) in [6, 6.07) is 8.34. The smallest absolute Gasteiger partial charge is 0.0627 e. The van der Waals surface area contributed by atoms with Crippen molar-refractivity contribution >= 4 is 23.8 Å². The highest BCUT2D eigenvalue weighted by Gasteiger charge is 2.21. The number of hydrogen-bond donors (Lipinski definition) is 0. The highest BCUT2D eigenvalue weighted by Crippen LogP contribution is 2.31. The lowest BCUT2D eigenvalue weighted by atomic mass is 10.00. The van der Waals surface area contributed by atoms with Gasteiger partial charge in [0.25, 0.3) is 0 Å². The van der Waals surface area contributed by atoms with Crippen LogP contribution in [0.3, 0.4) is 0 Å². The zero-order valence-electron chi connectivity index (χ0n) is 13.9. The van der Waals surface area contributed by atoms with E-state index < -0.39 is 0 Å². The molecule has 118 valence electrons. The minimum atomic E-state index is 0.668. The second-order valence-electron chi connectivity index (χ2n) is 7.22. The lowest BCUT2D eigenvalue weighted by Crippen LogP contribution is -2.04. The summed E-state index contributed by atoms with van der Waals surface area (Å²) < 4.78 is 0.